The molecule has 22 heteroatoms. The van der Waals surface area contributed by atoms with E-state index in [2.05, 4.69) is 5.32 Å². The van der Waals surface area contributed by atoms with Crippen LogP contribution in [-0.2, 0) is 68.5 Å². The van der Waals surface area contributed by atoms with E-state index in [0.717, 1.165) is 11.1 Å². The predicted molar refractivity (Wildman–Crippen MR) is 256 cm³/mol. The summed E-state index contributed by atoms with van der Waals surface area (Å²) >= 11 is 8.14. The number of amides is 6. The number of epoxide rings is 1. The summed E-state index contributed by atoms with van der Waals surface area (Å²) < 4.78 is 35.6. The summed E-state index contributed by atoms with van der Waals surface area (Å²) in [5.41, 5.74) is -2.62. The molecular weight excluding hydrogens is 968 g/mol. The van der Waals surface area contributed by atoms with Gasteiger partial charge in [0.25, 0.3) is 12.8 Å². The van der Waals surface area contributed by atoms with Crippen molar-refractivity contribution in [2.24, 2.45) is 17.8 Å². The lowest BCUT2D eigenvalue weighted by Gasteiger charge is -2.42. The summed E-state index contributed by atoms with van der Waals surface area (Å²) in [5, 5.41) is 14.2. The highest BCUT2D eigenvalue weighted by atomic mass is 35.5. The maximum atomic E-state index is 14.3. The summed E-state index contributed by atoms with van der Waals surface area (Å²) in [4.78, 5) is 109. The smallest absolute Gasteiger partial charge is 0.409 e. The topological polar surface area (TPSA) is 246 Å². The van der Waals surface area contributed by atoms with Gasteiger partial charge in [-0.1, -0.05) is 42.3 Å². The largest absolute Gasteiger partial charge is 0.495 e. The van der Waals surface area contributed by atoms with Gasteiger partial charge in [-0.15, -0.1) is 16.8 Å². The Morgan fingerprint density at radius 2 is 1.77 bits per heavy atom. The predicted octanol–water partition coefficient (Wildman–Crippen LogP) is 4.59. The molecule has 390 valence electrons. The Labute approximate surface area is 422 Å². The number of alkyl carbamates (subject to hydrolysis) is 1. The first-order valence-electron chi connectivity index (χ1n) is 23.7. The number of fused-ring (bicyclic) bond motifs is 5. The quantitative estimate of drug-likeness (QED) is 0.0574. The Kier molecular flexibility index (Phi) is 18.1. The molecule has 1 aromatic carbocycles. The molecule has 2 unspecified atom stereocenters. The van der Waals surface area contributed by atoms with Gasteiger partial charge in [-0.3, -0.25) is 34.2 Å². The number of hydrogen-bond donors (Lipinski definition) is 2. The molecule has 8 atom stereocenters. The Morgan fingerprint density at radius 1 is 1.07 bits per heavy atom. The summed E-state index contributed by atoms with van der Waals surface area (Å²) in [6.45, 7) is 8.79. The van der Waals surface area contributed by atoms with Gasteiger partial charge >= 0.3 is 18.0 Å². The van der Waals surface area contributed by atoms with Crippen molar-refractivity contribution in [1.82, 2.24) is 15.3 Å². The fourth-order valence-corrected chi connectivity index (χ4v) is 11.0. The second-order valence-corrected chi connectivity index (χ2v) is 21.2. The molecule has 3 saturated heterocycles. The normalized spacial score (nSPS) is 31.5. The molecular formula is C49H65ClN4O16S. The number of nitrogens with one attached hydrogen (secondary N) is 1. The number of thioether (sulfide) groups is 1. The molecule has 71 heavy (non-hydrogen) atoms. The number of methoxy groups -OCH3 is 2. The highest BCUT2D eigenvalue weighted by Crippen LogP contribution is 2.49. The fraction of sp³-hybridized carbons (Fsp3) is 0.633. The van der Waals surface area contributed by atoms with E-state index in [0.29, 0.717) is 55.7 Å². The van der Waals surface area contributed by atoms with Crippen LogP contribution in [0.1, 0.15) is 91.5 Å². The molecule has 0 aromatic heterocycles. The minimum absolute atomic E-state index is 0.0147. The molecule has 4 heterocycles. The van der Waals surface area contributed by atoms with Crippen LogP contribution in [-0.4, -0.2) is 150 Å². The molecule has 0 spiro atoms. The van der Waals surface area contributed by atoms with Gasteiger partial charge < -0.3 is 43.3 Å². The fourth-order valence-electron chi connectivity index (χ4n) is 9.61. The number of esters is 1. The zero-order chi connectivity index (χ0) is 52.0. The van der Waals surface area contributed by atoms with E-state index in [-0.39, 0.29) is 73.1 Å². The van der Waals surface area contributed by atoms with E-state index < -0.39 is 82.4 Å². The first-order valence-corrected chi connectivity index (χ1v) is 25.1. The van der Waals surface area contributed by atoms with Crippen LogP contribution in [0.5, 0.6) is 5.75 Å². The van der Waals surface area contributed by atoms with Crippen molar-refractivity contribution in [3.63, 3.8) is 0 Å². The van der Waals surface area contributed by atoms with Gasteiger partial charge in [0.2, 0.25) is 17.7 Å². The van der Waals surface area contributed by atoms with Crippen molar-refractivity contribution in [3.05, 3.63) is 46.5 Å². The molecule has 4 bridgehead atoms. The number of halogens is 1. The van der Waals surface area contributed by atoms with E-state index in [1.54, 1.807) is 59.0 Å². The van der Waals surface area contributed by atoms with Crippen molar-refractivity contribution in [3.8, 4) is 5.75 Å². The Bertz CT molecular complexity index is 2260. The van der Waals surface area contributed by atoms with Gasteiger partial charge in [-0.05, 0) is 95.6 Å². The monoisotopic (exact) mass is 1030 g/mol. The number of likely N-dealkylation sites (tertiary alicyclic amines) is 1. The van der Waals surface area contributed by atoms with Crippen LogP contribution in [0.2, 0.25) is 5.02 Å². The number of aliphatic hydroxyl groups is 1. The second-order valence-electron chi connectivity index (χ2n) is 19.5. The van der Waals surface area contributed by atoms with Crippen LogP contribution < -0.4 is 15.0 Å². The molecule has 1 aliphatic carbocycles. The van der Waals surface area contributed by atoms with E-state index in [9.17, 15) is 43.5 Å². The number of allylic oxidation sites excluding steroid dienone is 3. The molecule has 6 amide bonds. The number of carbonyl (C=O) groups excluding carboxylic acids is 8. The number of carbonyl (C=O) groups is 8. The van der Waals surface area contributed by atoms with Gasteiger partial charge in [0.15, 0.2) is 11.3 Å². The van der Waals surface area contributed by atoms with E-state index >= 15 is 0 Å². The summed E-state index contributed by atoms with van der Waals surface area (Å²) in [5.74, 6) is -2.81. The lowest BCUT2D eigenvalue weighted by atomic mass is 9.82. The lowest BCUT2D eigenvalue weighted by molar-refractivity contribution is -0.194. The molecule has 2 N–H and O–H groups in total. The molecule has 0 radical (unpaired) electrons. The van der Waals surface area contributed by atoms with Crippen LogP contribution >= 0.6 is 23.4 Å². The number of hydrogen-bond acceptors (Lipinski definition) is 17. The van der Waals surface area contributed by atoms with Gasteiger partial charge in [0, 0.05) is 46.1 Å². The average molecular weight is 1030 g/mol. The van der Waals surface area contributed by atoms with Crippen LogP contribution in [0.3, 0.4) is 0 Å². The van der Waals surface area contributed by atoms with Crippen LogP contribution in [0.4, 0.5) is 10.5 Å². The zero-order valence-corrected chi connectivity index (χ0v) is 42.9. The Morgan fingerprint density at radius 3 is 2.44 bits per heavy atom. The van der Waals surface area contributed by atoms with E-state index in [4.69, 9.17) is 44.9 Å². The first-order chi connectivity index (χ1) is 33.6. The summed E-state index contributed by atoms with van der Waals surface area (Å²) in [6, 6.07) is 3.56. The molecule has 20 nitrogen and oxygen atoms in total. The number of nitrogens with zero attached hydrogens (tertiary/aromatic N) is 3. The highest BCUT2D eigenvalue weighted by molar-refractivity contribution is 8.00. The number of rotatable bonds is 16. The third-order valence-electron chi connectivity index (χ3n) is 14.0. The molecule has 1 aromatic rings. The van der Waals surface area contributed by atoms with Crippen molar-refractivity contribution in [2.45, 2.75) is 139 Å². The third kappa shape index (κ3) is 13.0. The number of hydroxylamine groups is 2. The van der Waals surface area contributed by atoms with Gasteiger partial charge in [-0.25, -0.2) is 14.4 Å². The minimum Gasteiger partial charge on any atom is -0.495 e. The zero-order valence-electron chi connectivity index (χ0n) is 41.3. The maximum Gasteiger partial charge on any atom is 0.409 e. The summed E-state index contributed by atoms with van der Waals surface area (Å²) in [6.07, 6.45) is 3.18. The molecule has 1 saturated carbocycles. The van der Waals surface area contributed by atoms with Crippen molar-refractivity contribution < 1.29 is 76.7 Å². The maximum absolute atomic E-state index is 14.3. The van der Waals surface area contributed by atoms with Crippen molar-refractivity contribution >= 4 is 77.6 Å². The van der Waals surface area contributed by atoms with Gasteiger partial charge in [0.05, 0.1) is 36.5 Å². The third-order valence-corrected chi connectivity index (χ3v) is 15.7. The Hall–Kier alpha value is -5.06. The van der Waals surface area contributed by atoms with Crippen molar-refractivity contribution in [1.29, 1.82) is 0 Å². The molecule has 6 rings (SSSR count). The molecule has 5 aliphatic rings. The van der Waals surface area contributed by atoms with Crippen molar-refractivity contribution in [2.75, 3.05) is 45.1 Å². The average Bonchev–Trinajstić information content (AvgIpc) is 3.96. The number of anilines is 1. The lowest BCUT2D eigenvalue weighted by Crippen LogP contribution is -2.63. The minimum atomic E-state index is -1.87. The SMILES string of the molecule is COc1cc2cc(c1Cl)N(C)C(=O)C[C@H](OC(=O)C(C)(C)OCCCSC1CC(=O)N(C[C@H]3CC[C@H](C(=O)ON(C=O)C=O)CC3)C1=O)[C@]1(C)O[C@H]1[C@H](C)C1C[C@@](O)(NC(=O)O1)[C@H](OC)/C=C/C=C(\C)C2. The van der Waals surface area contributed by atoms with Crippen LogP contribution in [0.15, 0.2) is 35.9 Å². The van der Waals surface area contributed by atoms with Gasteiger partial charge in [-0.2, -0.15) is 0 Å². The summed E-state index contributed by atoms with van der Waals surface area (Å²) in [7, 11) is 4.45. The number of ether oxygens (including phenoxy) is 6. The van der Waals surface area contributed by atoms with E-state index in [1.165, 1.54) is 35.8 Å². The number of imide groups is 2. The van der Waals surface area contributed by atoms with Crippen LogP contribution in [0.25, 0.3) is 0 Å². The molecule has 4 aliphatic heterocycles. The highest BCUT2D eigenvalue weighted by Gasteiger charge is 2.65. The first kappa shape index (κ1) is 55.3. The Balaban J connectivity index is 1.10. The second kappa shape index (κ2) is 23.2. The number of benzene rings is 1. The van der Waals surface area contributed by atoms with Crippen LogP contribution in [0, 0.1) is 17.8 Å². The standard InChI is InChI=1S/C49H65ClN4O16S/c1-28-11-9-12-37(65-8)49(63)24-35(67-46(62)51-49)29(2)42-48(5,69-42)38(23-39(57)52(6)33-20-31(19-28)21-34(64-7)41(33)50)68-45(61)47(3,4)66-17-10-18-71-36-22-40(58)54(43(36)59)25-30-13-15-32(16-14-30)44(60)70-53(26-55)27-56/h9,11-12,20-21,26-27,29-30,32,35-38,42,63H,10,13-19,22-25H2,1-8H3,(H,51,62)/b12-9+,28-11+/t29-,30-,32-,35?,36?,37-,38+,42+,48+,49+/m1/s1. The van der Waals surface area contributed by atoms with Gasteiger partial charge in [0.1, 0.15) is 34.7 Å². The molecule has 4 fully saturated rings. The van der Waals surface area contributed by atoms with E-state index in [1.807, 2.05) is 13.0 Å².